The number of nitro groups is 1. The molecule has 1 saturated carbocycles. The van der Waals surface area contributed by atoms with Gasteiger partial charge in [0, 0.05) is 30.9 Å². The predicted molar refractivity (Wildman–Crippen MR) is 134 cm³/mol. The van der Waals surface area contributed by atoms with E-state index in [0.29, 0.717) is 27.7 Å². The summed E-state index contributed by atoms with van der Waals surface area (Å²) in [5.74, 6) is -0.516. The zero-order valence-corrected chi connectivity index (χ0v) is 21.0. The number of hydrogen-bond acceptors (Lipinski definition) is 8. The number of benzene rings is 1. The second kappa shape index (κ2) is 10.6. The number of non-ortho nitro benzene ring substituents is 1. The number of esters is 1. The highest BCUT2D eigenvalue weighted by Gasteiger charge is 2.42. The van der Waals surface area contributed by atoms with Gasteiger partial charge in [-0.15, -0.1) is 0 Å². The summed E-state index contributed by atoms with van der Waals surface area (Å²) in [5.41, 5.74) is 2.03. The molecule has 4 rings (SSSR count). The standard InChI is InChI=1S/C25H30N4O5S/c1-4-34-24(31)22-16(2)26-25-28(23(22)17-9-8-12-19(13-17)29(32)33)20(15-35-25)14-21(30)27(3)18-10-6-5-7-11-18/h8-9,12-13,15,18,23H,4-7,10-11,14H2,1-3H3/t23-/m0/s1. The summed E-state index contributed by atoms with van der Waals surface area (Å²) in [7, 11) is 1.86. The van der Waals surface area contributed by atoms with Gasteiger partial charge >= 0.3 is 5.97 Å². The molecule has 0 saturated heterocycles. The van der Waals surface area contributed by atoms with Gasteiger partial charge in [0.25, 0.3) is 5.69 Å². The molecule has 0 N–H and O–H groups in total. The number of ether oxygens (including phenoxy) is 1. The van der Waals surface area contributed by atoms with E-state index in [0.717, 1.165) is 25.7 Å². The molecule has 2 heterocycles. The van der Waals surface area contributed by atoms with Gasteiger partial charge in [0.05, 0.1) is 35.3 Å². The average molecular weight is 499 g/mol. The first-order valence-corrected chi connectivity index (χ1v) is 12.8. The Hall–Kier alpha value is -3.14. The molecule has 9 nitrogen and oxygen atoms in total. The van der Waals surface area contributed by atoms with Gasteiger partial charge in [-0.25, -0.2) is 9.79 Å². The number of nitro benzene ring substituents is 1. The van der Waals surface area contributed by atoms with Crippen LogP contribution in [0.3, 0.4) is 0 Å². The minimum Gasteiger partial charge on any atom is -0.463 e. The Morgan fingerprint density at radius 3 is 2.71 bits per heavy atom. The Labute approximate surface area is 209 Å². The lowest BCUT2D eigenvalue weighted by Crippen LogP contribution is -2.41. The summed E-state index contributed by atoms with van der Waals surface area (Å²) < 4.78 is 5.34. The number of allylic oxidation sites excluding steroid dienone is 1. The third-order valence-electron chi connectivity index (χ3n) is 6.74. The fourth-order valence-corrected chi connectivity index (χ4v) is 5.88. The van der Waals surface area contributed by atoms with Crippen LogP contribution in [0.1, 0.15) is 64.0 Å². The third-order valence-corrected chi connectivity index (χ3v) is 7.63. The van der Waals surface area contributed by atoms with Crippen LogP contribution in [0.4, 0.5) is 5.69 Å². The minimum absolute atomic E-state index is 0.00625. The normalized spacial score (nSPS) is 20.2. The molecule has 1 amide bonds. The van der Waals surface area contributed by atoms with Crippen molar-refractivity contribution in [2.24, 2.45) is 4.99 Å². The molecule has 0 aromatic heterocycles. The Morgan fingerprint density at radius 1 is 1.29 bits per heavy atom. The van der Waals surface area contributed by atoms with Crippen LogP contribution in [-0.2, 0) is 14.3 Å². The summed E-state index contributed by atoms with van der Waals surface area (Å²) in [4.78, 5) is 45.6. The molecule has 1 aliphatic carbocycles. The number of amides is 1. The molecular weight excluding hydrogens is 468 g/mol. The van der Waals surface area contributed by atoms with E-state index >= 15 is 0 Å². The summed E-state index contributed by atoms with van der Waals surface area (Å²) >= 11 is 1.39. The fraction of sp³-hybridized carbons (Fsp3) is 0.480. The van der Waals surface area contributed by atoms with Crippen molar-refractivity contribution in [2.75, 3.05) is 13.7 Å². The van der Waals surface area contributed by atoms with Gasteiger partial charge in [0.15, 0.2) is 5.17 Å². The summed E-state index contributed by atoms with van der Waals surface area (Å²) in [5, 5.41) is 14.0. The molecule has 1 atom stereocenters. The molecule has 1 fully saturated rings. The summed E-state index contributed by atoms with van der Waals surface area (Å²) in [6.07, 6.45) is 5.65. The van der Waals surface area contributed by atoms with Crippen LogP contribution in [0.5, 0.6) is 0 Å². The number of rotatable bonds is 7. The van der Waals surface area contributed by atoms with Gasteiger partial charge in [-0.3, -0.25) is 14.9 Å². The highest BCUT2D eigenvalue weighted by Crippen LogP contribution is 2.45. The largest absolute Gasteiger partial charge is 0.463 e. The summed E-state index contributed by atoms with van der Waals surface area (Å²) in [6.45, 7) is 3.65. The van der Waals surface area contributed by atoms with E-state index in [-0.39, 0.29) is 30.7 Å². The van der Waals surface area contributed by atoms with Crippen LogP contribution in [0.25, 0.3) is 0 Å². The van der Waals surface area contributed by atoms with Gasteiger partial charge in [0.1, 0.15) is 0 Å². The zero-order chi connectivity index (χ0) is 25.1. The average Bonchev–Trinajstić information content (AvgIpc) is 3.25. The molecule has 1 aromatic carbocycles. The smallest absolute Gasteiger partial charge is 0.338 e. The predicted octanol–water partition coefficient (Wildman–Crippen LogP) is 4.91. The Bertz CT molecular complexity index is 1120. The molecular formula is C25H30N4O5S. The Morgan fingerprint density at radius 2 is 2.03 bits per heavy atom. The van der Waals surface area contributed by atoms with E-state index < -0.39 is 16.9 Å². The highest BCUT2D eigenvalue weighted by molar-refractivity contribution is 8.16. The third kappa shape index (κ3) is 5.12. The van der Waals surface area contributed by atoms with E-state index in [4.69, 9.17) is 4.74 Å². The van der Waals surface area contributed by atoms with E-state index in [1.165, 1.54) is 30.3 Å². The zero-order valence-electron chi connectivity index (χ0n) is 20.2. The quantitative estimate of drug-likeness (QED) is 0.299. The van der Waals surface area contributed by atoms with Crippen LogP contribution in [0.2, 0.25) is 0 Å². The molecule has 10 heteroatoms. The molecule has 186 valence electrons. The molecule has 3 aliphatic rings. The maximum atomic E-state index is 13.3. The van der Waals surface area contributed by atoms with Gasteiger partial charge in [-0.1, -0.05) is 43.2 Å². The maximum absolute atomic E-state index is 13.3. The maximum Gasteiger partial charge on any atom is 0.338 e. The second-order valence-corrected chi connectivity index (χ2v) is 9.78. The van der Waals surface area contributed by atoms with Crippen molar-refractivity contribution in [3.05, 3.63) is 62.3 Å². The first-order chi connectivity index (χ1) is 16.8. The molecule has 1 aromatic rings. The number of fused-ring (bicyclic) bond motifs is 1. The van der Waals surface area contributed by atoms with Gasteiger partial charge < -0.3 is 14.5 Å². The van der Waals surface area contributed by atoms with E-state index in [2.05, 4.69) is 4.99 Å². The lowest BCUT2D eigenvalue weighted by atomic mass is 9.93. The molecule has 0 spiro atoms. The van der Waals surface area contributed by atoms with Crippen molar-refractivity contribution in [1.29, 1.82) is 0 Å². The lowest BCUT2D eigenvalue weighted by molar-refractivity contribution is -0.384. The monoisotopic (exact) mass is 498 g/mol. The van der Waals surface area contributed by atoms with Crippen molar-refractivity contribution in [1.82, 2.24) is 9.80 Å². The number of amidine groups is 1. The molecule has 0 unspecified atom stereocenters. The van der Waals surface area contributed by atoms with E-state index in [9.17, 15) is 19.7 Å². The molecule has 2 aliphatic heterocycles. The molecule has 0 bridgehead atoms. The van der Waals surface area contributed by atoms with Gasteiger partial charge in [-0.2, -0.15) is 0 Å². The second-order valence-electron chi connectivity index (χ2n) is 8.94. The van der Waals surface area contributed by atoms with Crippen LogP contribution in [-0.4, -0.2) is 51.5 Å². The van der Waals surface area contributed by atoms with Gasteiger partial charge in [0.2, 0.25) is 5.91 Å². The Kier molecular flexibility index (Phi) is 7.59. The van der Waals surface area contributed by atoms with Crippen LogP contribution in [0, 0.1) is 10.1 Å². The topological polar surface area (TPSA) is 105 Å². The van der Waals surface area contributed by atoms with Crippen LogP contribution >= 0.6 is 11.8 Å². The SMILES string of the molecule is CCOC(=O)C1=C(C)N=C2SC=C(CC(=O)N(C)C3CCCCC3)N2[C@H]1c1cccc([N+](=O)[O-])c1. The van der Waals surface area contributed by atoms with E-state index in [1.807, 2.05) is 22.3 Å². The number of carbonyl (C=O) groups is 2. The van der Waals surface area contributed by atoms with Gasteiger partial charge in [-0.05, 0) is 37.7 Å². The first kappa shape index (κ1) is 25.0. The Balaban J connectivity index is 1.69. The van der Waals surface area contributed by atoms with Crippen molar-refractivity contribution < 1.29 is 19.2 Å². The number of thioether (sulfide) groups is 1. The minimum atomic E-state index is -0.685. The number of hydrogen-bond donors (Lipinski definition) is 0. The fourth-order valence-electron chi connectivity index (χ4n) is 4.92. The highest BCUT2D eigenvalue weighted by atomic mass is 32.2. The van der Waals surface area contributed by atoms with Crippen molar-refractivity contribution in [3.8, 4) is 0 Å². The summed E-state index contributed by atoms with van der Waals surface area (Å²) in [6, 6.07) is 5.80. The van der Waals surface area contributed by atoms with E-state index in [1.54, 1.807) is 26.0 Å². The number of carbonyl (C=O) groups excluding carboxylic acids is 2. The van der Waals surface area contributed by atoms with Crippen molar-refractivity contribution in [3.63, 3.8) is 0 Å². The van der Waals surface area contributed by atoms with Crippen molar-refractivity contribution >= 4 is 34.5 Å². The lowest BCUT2D eigenvalue weighted by Gasteiger charge is -2.37. The molecule has 35 heavy (non-hydrogen) atoms. The number of nitrogens with zero attached hydrogens (tertiary/aromatic N) is 4. The van der Waals surface area contributed by atoms with Crippen molar-refractivity contribution in [2.45, 2.75) is 64.5 Å². The van der Waals surface area contributed by atoms with Crippen LogP contribution < -0.4 is 0 Å². The first-order valence-electron chi connectivity index (χ1n) is 11.9. The molecule has 0 radical (unpaired) electrons. The van der Waals surface area contributed by atoms with Crippen LogP contribution in [0.15, 0.2) is 51.6 Å². The number of aliphatic imine (C=N–C) groups is 1.